The number of methoxy groups -OCH3 is 1. The maximum absolute atomic E-state index is 5.59. The first-order chi connectivity index (χ1) is 9.20. The summed E-state index contributed by atoms with van der Waals surface area (Å²) in [6, 6.07) is 11.5. The highest BCUT2D eigenvalue weighted by Gasteiger charge is 2.03. The third kappa shape index (κ3) is 3.42. The Morgan fingerprint density at radius 3 is 2.89 bits per heavy atom. The topological polar surface area (TPSA) is 60.2 Å². The lowest BCUT2D eigenvalue weighted by atomic mass is 10.2. The molecule has 2 aromatic rings. The first kappa shape index (κ1) is 13.3. The average Bonchev–Trinajstić information content (AvgIpc) is 2.45. The number of nitrogens with one attached hydrogen (secondary N) is 1. The Hall–Kier alpha value is -2.14. The van der Waals surface area contributed by atoms with Gasteiger partial charge in [0.1, 0.15) is 16.6 Å². The average molecular weight is 273 g/mol. The third-order valence-corrected chi connectivity index (χ3v) is 2.93. The molecular weight excluding hydrogens is 258 g/mol. The van der Waals surface area contributed by atoms with Crippen molar-refractivity contribution in [2.75, 3.05) is 12.4 Å². The van der Waals surface area contributed by atoms with Gasteiger partial charge in [-0.15, -0.1) is 0 Å². The largest absolute Gasteiger partial charge is 0.496 e. The van der Waals surface area contributed by atoms with Gasteiger partial charge < -0.3 is 15.8 Å². The van der Waals surface area contributed by atoms with Gasteiger partial charge in [0.15, 0.2) is 0 Å². The molecule has 0 bridgehead atoms. The zero-order valence-electron chi connectivity index (χ0n) is 10.6. The van der Waals surface area contributed by atoms with Crippen molar-refractivity contribution < 1.29 is 4.74 Å². The van der Waals surface area contributed by atoms with Gasteiger partial charge in [0.25, 0.3) is 0 Å². The van der Waals surface area contributed by atoms with Crippen LogP contribution in [0.15, 0.2) is 42.6 Å². The number of hydrogen-bond donors (Lipinski definition) is 2. The van der Waals surface area contributed by atoms with Crippen molar-refractivity contribution in [3.8, 4) is 5.75 Å². The third-order valence-electron chi connectivity index (χ3n) is 2.70. The van der Waals surface area contributed by atoms with Crippen LogP contribution in [0.2, 0.25) is 0 Å². The van der Waals surface area contributed by atoms with Crippen molar-refractivity contribution in [1.82, 2.24) is 4.98 Å². The summed E-state index contributed by atoms with van der Waals surface area (Å²) in [5.74, 6) is 1.58. The number of benzene rings is 1. The number of nitrogens with zero attached hydrogens (tertiary/aromatic N) is 1. The van der Waals surface area contributed by atoms with Crippen LogP contribution in [0.5, 0.6) is 5.75 Å². The molecule has 19 heavy (non-hydrogen) atoms. The van der Waals surface area contributed by atoms with Crippen LogP contribution >= 0.6 is 12.2 Å². The number of aromatic nitrogens is 1. The van der Waals surface area contributed by atoms with Crippen LogP contribution in [0, 0.1) is 0 Å². The highest BCUT2D eigenvalue weighted by atomic mass is 32.1. The second-order valence-corrected chi connectivity index (χ2v) is 4.40. The number of anilines is 1. The zero-order chi connectivity index (χ0) is 13.7. The quantitative estimate of drug-likeness (QED) is 0.819. The molecule has 98 valence electrons. The second kappa shape index (κ2) is 6.15. The van der Waals surface area contributed by atoms with Crippen LogP contribution < -0.4 is 15.8 Å². The summed E-state index contributed by atoms with van der Waals surface area (Å²) in [5, 5.41) is 3.22. The molecule has 0 fully saturated rings. The van der Waals surface area contributed by atoms with Crippen LogP contribution in [-0.4, -0.2) is 17.1 Å². The Kier molecular flexibility index (Phi) is 4.30. The van der Waals surface area contributed by atoms with E-state index in [1.807, 2.05) is 30.3 Å². The van der Waals surface area contributed by atoms with E-state index in [9.17, 15) is 0 Å². The summed E-state index contributed by atoms with van der Waals surface area (Å²) >= 11 is 4.94. The Bertz CT molecular complexity index is 586. The summed E-state index contributed by atoms with van der Waals surface area (Å²) in [4.78, 5) is 4.59. The summed E-state index contributed by atoms with van der Waals surface area (Å²) in [6.07, 6.45) is 1.68. The molecular formula is C14H15N3OS. The first-order valence-electron chi connectivity index (χ1n) is 5.82. The van der Waals surface area contributed by atoms with Gasteiger partial charge in [-0.1, -0.05) is 30.4 Å². The maximum Gasteiger partial charge on any atom is 0.126 e. The van der Waals surface area contributed by atoms with E-state index in [-0.39, 0.29) is 0 Å². The molecule has 0 aliphatic rings. The van der Waals surface area contributed by atoms with E-state index >= 15 is 0 Å². The van der Waals surface area contributed by atoms with Crippen molar-refractivity contribution in [1.29, 1.82) is 0 Å². The zero-order valence-corrected chi connectivity index (χ0v) is 11.4. The predicted molar refractivity (Wildman–Crippen MR) is 80.4 cm³/mol. The van der Waals surface area contributed by atoms with E-state index in [4.69, 9.17) is 22.7 Å². The number of para-hydroxylation sites is 1. The van der Waals surface area contributed by atoms with E-state index in [1.54, 1.807) is 19.4 Å². The van der Waals surface area contributed by atoms with Crippen molar-refractivity contribution in [2.45, 2.75) is 6.54 Å². The molecule has 4 nitrogen and oxygen atoms in total. The molecule has 0 unspecified atom stereocenters. The number of rotatable bonds is 5. The summed E-state index contributed by atoms with van der Waals surface area (Å²) in [6.45, 7) is 0.623. The highest BCUT2D eigenvalue weighted by Crippen LogP contribution is 2.18. The first-order valence-corrected chi connectivity index (χ1v) is 6.23. The molecule has 0 saturated carbocycles. The molecule has 0 saturated heterocycles. The minimum atomic E-state index is 0.364. The summed E-state index contributed by atoms with van der Waals surface area (Å²) in [5.41, 5.74) is 7.45. The monoisotopic (exact) mass is 273 g/mol. The van der Waals surface area contributed by atoms with Crippen LogP contribution in [0.25, 0.3) is 0 Å². The fourth-order valence-electron chi connectivity index (χ4n) is 1.72. The van der Waals surface area contributed by atoms with Crippen LogP contribution in [0.1, 0.15) is 11.1 Å². The van der Waals surface area contributed by atoms with Gasteiger partial charge in [-0.3, -0.25) is 0 Å². The Morgan fingerprint density at radius 2 is 2.16 bits per heavy atom. The van der Waals surface area contributed by atoms with Crippen molar-refractivity contribution >= 4 is 23.0 Å². The fourth-order valence-corrected chi connectivity index (χ4v) is 1.84. The lowest BCUT2D eigenvalue weighted by molar-refractivity contribution is 0.410. The van der Waals surface area contributed by atoms with E-state index in [0.717, 1.165) is 22.7 Å². The minimum absolute atomic E-state index is 0.364. The van der Waals surface area contributed by atoms with Gasteiger partial charge in [0.05, 0.1) is 7.11 Å². The van der Waals surface area contributed by atoms with Gasteiger partial charge in [0.2, 0.25) is 0 Å². The normalized spacial score (nSPS) is 9.95. The van der Waals surface area contributed by atoms with E-state index < -0.39 is 0 Å². The highest BCUT2D eigenvalue weighted by molar-refractivity contribution is 7.80. The molecule has 2 rings (SSSR count). The summed E-state index contributed by atoms with van der Waals surface area (Å²) in [7, 11) is 1.66. The van der Waals surface area contributed by atoms with Gasteiger partial charge >= 0.3 is 0 Å². The lowest BCUT2D eigenvalue weighted by Gasteiger charge is -2.10. The summed E-state index contributed by atoms with van der Waals surface area (Å²) < 4.78 is 5.29. The predicted octanol–water partition coefficient (Wildman–Crippen LogP) is 2.34. The maximum atomic E-state index is 5.59. The van der Waals surface area contributed by atoms with Gasteiger partial charge in [0, 0.05) is 23.9 Å². The van der Waals surface area contributed by atoms with Gasteiger partial charge in [-0.25, -0.2) is 4.98 Å². The number of nitrogens with two attached hydrogens (primary N) is 1. The molecule has 5 heteroatoms. The molecule has 0 spiro atoms. The van der Waals surface area contributed by atoms with E-state index in [0.29, 0.717) is 11.5 Å². The van der Waals surface area contributed by atoms with E-state index in [2.05, 4.69) is 10.3 Å². The van der Waals surface area contributed by atoms with Crippen molar-refractivity contribution in [2.24, 2.45) is 5.73 Å². The Morgan fingerprint density at radius 1 is 1.37 bits per heavy atom. The number of thiocarbonyl (C=S) groups is 1. The molecule has 0 radical (unpaired) electrons. The van der Waals surface area contributed by atoms with Crippen LogP contribution in [-0.2, 0) is 6.54 Å². The van der Waals surface area contributed by atoms with Crippen LogP contribution in [0.4, 0.5) is 5.82 Å². The molecule has 1 heterocycles. The molecule has 3 N–H and O–H groups in total. The Labute approximate surface area is 117 Å². The lowest BCUT2D eigenvalue weighted by Crippen LogP contribution is -2.10. The van der Waals surface area contributed by atoms with Crippen LogP contribution in [0.3, 0.4) is 0 Å². The molecule has 0 aliphatic carbocycles. The van der Waals surface area contributed by atoms with Gasteiger partial charge in [-0.2, -0.15) is 0 Å². The number of hydrogen-bond acceptors (Lipinski definition) is 4. The number of ether oxygens (including phenoxy) is 1. The Balaban J connectivity index is 2.10. The van der Waals surface area contributed by atoms with Crippen molar-refractivity contribution in [3.05, 3.63) is 53.7 Å². The van der Waals surface area contributed by atoms with Crippen molar-refractivity contribution in [3.63, 3.8) is 0 Å². The molecule has 0 amide bonds. The molecule has 1 aromatic carbocycles. The molecule has 0 aliphatic heterocycles. The molecule has 1 aromatic heterocycles. The fraction of sp³-hybridized carbons (Fsp3) is 0.143. The van der Waals surface area contributed by atoms with E-state index in [1.165, 1.54) is 0 Å². The SMILES string of the molecule is COc1ccccc1CNc1cc(C(N)=S)ccn1. The van der Waals surface area contributed by atoms with Gasteiger partial charge in [-0.05, 0) is 18.2 Å². The second-order valence-electron chi connectivity index (χ2n) is 3.96. The number of pyridine rings is 1. The minimum Gasteiger partial charge on any atom is -0.496 e. The standard InChI is InChI=1S/C14H15N3OS/c1-18-12-5-3-2-4-11(12)9-17-13-8-10(14(15)19)6-7-16-13/h2-8H,9H2,1H3,(H2,15,19)(H,16,17). The smallest absolute Gasteiger partial charge is 0.126 e. The molecule has 0 atom stereocenters.